The lowest BCUT2D eigenvalue weighted by atomic mass is 9.96. The van der Waals surface area contributed by atoms with E-state index in [1.807, 2.05) is 12.1 Å². The average molecular weight is 304 g/mol. The third-order valence-corrected chi connectivity index (χ3v) is 4.30. The van der Waals surface area contributed by atoms with Crippen molar-refractivity contribution >= 4 is 17.4 Å². The van der Waals surface area contributed by atoms with Crippen LogP contribution in [0.4, 0.5) is 16.2 Å². The van der Waals surface area contributed by atoms with Crippen LogP contribution in [0.5, 0.6) is 0 Å². The number of benzene rings is 1. The number of carbonyl (C=O) groups is 1. The first kappa shape index (κ1) is 16.6. The molecule has 0 atom stereocenters. The summed E-state index contributed by atoms with van der Waals surface area (Å²) in [5.41, 5.74) is 7.06. The Morgan fingerprint density at radius 2 is 2.05 bits per heavy atom. The quantitative estimate of drug-likeness (QED) is 0.708. The standard InChI is InChI=1S/C17H28N4O/c1-2-3-10-21-11-8-14(9-12-21)13-19-17(22)20-16-7-5-4-6-15(16)18/h4-7,14H,2-3,8-13,18H2,1H3,(H2,19,20,22). The number of amides is 2. The average Bonchev–Trinajstić information content (AvgIpc) is 2.54. The van der Waals surface area contributed by atoms with Crippen LogP contribution in [0, 0.1) is 5.92 Å². The topological polar surface area (TPSA) is 70.4 Å². The molecule has 1 fully saturated rings. The number of carbonyl (C=O) groups excluding carboxylic acids is 1. The Kier molecular flexibility index (Phi) is 6.52. The van der Waals surface area contributed by atoms with Gasteiger partial charge in [-0.05, 0) is 56.9 Å². The van der Waals surface area contributed by atoms with Crippen LogP contribution in [0.2, 0.25) is 0 Å². The van der Waals surface area contributed by atoms with Gasteiger partial charge < -0.3 is 21.3 Å². The maximum atomic E-state index is 11.9. The zero-order valence-corrected chi connectivity index (χ0v) is 13.5. The molecule has 0 aromatic heterocycles. The Morgan fingerprint density at radius 1 is 1.32 bits per heavy atom. The second-order valence-electron chi connectivity index (χ2n) is 6.06. The summed E-state index contributed by atoms with van der Waals surface area (Å²) in [7, 11) is 0. The predicted molar refractivity (Wildman–Crippen MR) is 91.9 cm³/mol. The molecule has 4 N–H and O–H groups in total. The first-order valence-corrected chi connectivity index (χ1v) is 8.30. The lowest BCUT2D eigenvalue weighted by molar-refractivity contribution is 0.180. The molecule has 0 unspecified atom stereocenters. The Balaban J connectivity index is 1.66. The van der Waals surface area contributed by atoms with E-state index in [-0.39, 0.29) is 6.03 Å². The Labute approximate surface area is 133 Å². The number of nitrogens with zero attached hydrogens (tertiary/aromatic N) is 1. The molecule has 2 rings (SSSR count). The highest BCUT2D eigenvalue weighted by atomic mass is 16.2. The van der Waals surface area contributed by atoms with Crippen LogP contribution >= 0.6 is 0 Å². The Bertz CT molecular complexity index is 469. The normalized spacial score (nSPS) is 16.4. The van der Waals surface area contributed by atoms with Crippen LogP contribution in [0.25, 0.3) is 0 Å². The van der Waals surface area contributed by atoms with Crippen LogP contribution in [0.3, 0.4) is 0 Å². The van der Waals surface area contributed by atoms with Gasteiger partial charge in [-0.15, -0.1) is 0 Å². The van der Waals surface area contributed by atoms with E-state index in [1.54, 1.807) is 12.1 Å². The molecule has 1 saturated heterocycles. The number of hydrogen-bond acceptors (Lipinski definition) is 3. The number of hydrogen-bond donors (Lipinski definition) is 3. The van der Waals surface area contributed by atoms with Crippen LogP contribution in [0.15, 0.2) is 24.3 Å². The van der Waals surface area contributed by atoms with E-state index < -0.39 is 0 Å². The number of unbranched alkanes of at least 4 members (excludes halogenated alkanes) is 1. The first-order valence-electron chi connectivity index (χ1n) is 8.30. The zero-order valence-electron chi connectivity index (χ0n) is 13.5. The van der Waals surface area contributed by atoms with Crippen molar-refractivity contribution in [3.63, 3.8) is 0 Å². The van der Waals surface area contributed by atoms with Gasteiger partial charge in [0.1, 0.15) is 0 Å². The van der Waals surface area contributed by atoms with Gasteiger partial charge in [-0.2, -0.15) is 0 Å². The summed E-state index contributed by atoms with van der Waals surface area (Å²) in [6.07, 6.45) is 4.86. The monoisotopic (exact) mass is 304 g/mol. The van der Waals surface area contributed by atoms with Gasteiger partial charge in [0, 0.05) is 6.54 Å². The molecule has 1 heterocycles. The third kappa shape index (κ3) is 5.22. The molecule has 5 heteroatoms. The summed E-state index contributed by atoms with van der Waals surface area (Å²) in [5.74, 6) is 0.580. The van der Waals surface area contributed by atoms with E-state index in [0.717, 1.165) is 32.5 Å². The minimum Gasteiger partial charge on any atom is -0.397 e. The van der Waals surface area contributed by atoms with E-state index in [2.05, 4.69) is 22.5 Å². The smallest absolute Gasteiger partial charge is 0.319 e. The number of anilines is 2. The molecule has 1 aliphatic heterocycles. The van der Waals surface area contributed by atoms with Gasteiger partial charge in [-0.3, -0.25) is 0 Å². The SMILES string of the molecule is CCCCN1CCC(CNC(=O)Nc2ccccc2N)CC1. The molecular weight excluding hydrogens is 276 g/mol. The second-order valence-corrected chi connectivity index (χ2v) is 6.06. The van der Waals surface area contributed by atoms with Crippen molar-refractivity contribution in [2.75, 3.05) is 37.2 Å². The van der Waals surface area contributed by atoms with Crippen LogP contribution in [-0.4, -0.2) is 37.1 Å². The highest BCUT2D eigenvalue weighted by Gasteiger charge is 2.19. The fraction of sp³-hybridized carbons (Fsp3) is 0.588. The summed E-state index contributed by atoms with van der Waals surface area (Å²) in [5, 5.41) is 5.76. The molecule has 0 radical (unpaired) electrons. The molecule has 0 bridgehead atoms. The molecule has 22 heavy (non-hydrogen) atoms. The van der Waals surface area contributed by atoms with Gasteiger partial charge in [-0.1, -0.05) is 25.5 Å². The van der Waals surface area contributed by atoms with Crippen molar-refractivity contribution in [3.05, 3.63) is 24.3 Å². The van der Waals surface area contributed by atoms with Crippen LogP contribution < -0.4 is 16.4 Å². The van der Waals surface area contributed by atoms with Gasteiger partial charge in [0.25, 0.3) is 0 Å². The van der Waals surface area contributed by atoms with Crippen molar-refractivity contribution in [3.8, 4) is 0 Å². The molecule has 1 aromatic carbocycles. The van der Waals surface area contributed by atoms with Gasteiger partial charge in [0.05, 0.1) is 11.4 Å². The molecule has 0 saturated carbocycles. The summed E-state index contributed by atoms with van der Waals surface area (Å²) >= 11 is 0. The van der Waals surface area contributed by atoms with E-state index in [0.29, 0.717) is 17.3 Å². The van der Waals surface area contributed by atoms with Crippen molar-refractivity contribution in [1.29, 1.82) is 0 Å². The van der Waals surface area contributed by atoms with Gasteiger partial charge in [0.15, 0.2) is 0 Å². The fourth-order valence-electron chi connectivity index (χ4n) is 2.81. The first-order chi connectivity index (χ1) is 10.7. The van der Waals surface area contributed by atoms with Crippen molar-refractivity contribution in [1.82, 2.24) is 10.2 Å². The maximum Gasteiger partial charge on any atom is 0.319 e. The van der Waals surface area contributed by atoms with Gasteiger partial charge in [0.2, 0.25) is 0 Å². The van der Waals surface area contributed by atoms with E-state index >= 15 is 0 Å². The van der Waals surface area contributed by atoms with Gasteiger partial charge in [-0.25, -0.2) is 4.79 Å². The predicted octanol–water partition coefficient (Wildman–Crippen LogP) is 2.90. The number of piperidine rings is 1. The zero-order chi connectivity index (χ0) is 15.8. The van der Waals surface area contributed by atoms with E-state index in [1.165, 1.54) is 19.4 Å². The lowest BCUT2D eigenvalue weighted by Crippen LogP contribution is -2.40. The maximum absolute atomic E-state index is 11.9. The van der Waals surface area contributed by atoms with Gasteiger partial charge >= 0.3 is 6.03 Å². The van der Waals surface area contributed by atoms with Crippen molar-refractivity contribution < 1.29 is 4.79 Å². The summed E-state index contributed by atoms with van der Waals surface area (Å²) in [6, 6.07) is 7.12. The van der Waals surface area contributed by atoms with Crippen LogP contribution in [-0.2, 0) is 0 Å². The molecule has 2 amide bonds. The number of nitrogens with two attached hydrogens (primary N) is 1. The second kappa shape index (κ2) is 8.63. The molecule has 1 aromatic rings. The van der Waals surface area contributed by atoms with E-state index in [4.69, 9.17) is 5.73 Å². The molecule has 122 valence electrons. The number of nitrogen functional groups attached to an aromatic ring is 1. The number of rotatable bonds is 6. The number of nitrogens with one attached hydrogen (secondary N) is 2. The lowest BCUT2D eigenvalue weighted by Gasteiger charge is -2.31. The summed E-state index contributed by atoms with van der Waals surface area (Å²) < 4.78 is 0. The minimum atomic E-state index is -0.175. The van der Waals surface area contributed by atoms with Crippen molar-refractivity contribution in [2.45, 2.75) is 32.6 Å². The number of likely N-dealkylation sites (tertiary alicyclic amines) is 1. The number of para-hydroxylation sites is 2. The third-order valence-electron chi connectivity index (χ3n) is 4.30. The van der Waals surface area contributed by atoms with Crippen LogP contribution in [0.1, 0.15) is 32.6 Å². The largest absolute Gasteiger partial charge is 0.397 e. The summed E-state index contributed by atoms with van der Waals surface area (Å²) in [6.45, 7) is 6.48. The van der Waals surface area contributed by atoms with Crippen molar-refractivity contribution in [2.24, 2.45) is 5.92 Å². The molecule has 0 spiro atoms. The molecule has 5 nitrogen and oxygen atoms in total. The fourth-order valence-corrected chi connectivity index (χ4v) is 2.81. The minimum absolute atomic E-state index is 0.175. The summed E-state index contributed by atoms with van der Waals surface area (Å²) in [4.78, 5) is 14.5. The van der Waals surface area contributed by atoms with E-state index in [9.17, 15) is 4.79 Å². The Morgan fingerprint density at radius 3 is 2.73 bits per heavy atom. The molecule has 0 aliphatic carbocycles. The highest BCUT2D eigenvalue weighted by Crippen LogP contribution is 2.18. The highest BCUT2D eigenvalue weighted by molar-refractivity contribution is 5.92. The number of urea groups is 1. The molecule has 1 aliphatic rings. The Hall–Kier alpha value is -1.75. The molecular formula is C17H28N4O.